The zero-order chi connectivity index (χ0) is 22.2. The Morgan fingerprint density at radius 3 is 2.39 bits per heavy atom. The maximum absolute atomic E-state index is 12.5. The highest BCUT2D eigenvalue weighted by molar-refractivity contribution is 9.10. The van der Waals surface area contributed by atoms with Gasteiger partial charge in [0.2, 0.25) is 0 Å². The van der Waals surface area contributed by atoms with Crippen LogP contribution in [0.2, 0.25) is 0 Å². The van der Waals surface area contributed by atoms with Gasteiger partial charge in [0.1, 0.15) is 0 Å². The Bertz CT molecular complexity index is 925. The van der Waals surface area contributed by atoms with Gasteiger partial charge in [0.05, 0.1) is 6.61 Å². The van der Waals surface area contributed by atoms with Crippen LogP contribution in [0.3, 0.4) is 0 Å². The van der Waals surface area contributed by atoms with E-state index < -0.39 is 0 Å². The van der Waals surface area contributed by atoms with E-state index in [0.29, 0.717) is 50.2 Å². The molecule has 0 aliphatic carbocycles. The number of likely N-dealkylation sites (tertiary alicyclic amines) is 1. The lowest BCUT2D eigenvalue weighted by Gasteiger charge is -2.31. The third-order valence-electron chi connectivity index (χ3n) is 5.11. The van der Waals surface area contributed by atoms with E-state index in [-0.39, 0.29) is 23.9 Å². The van der Waals surface area contributed by atoms with Crippen molar-refractivity contribution in [2.24, 2.45) is 0 Å². The van der Waals surface area contributed by atoms with Gasteiger partial charge in [-0.3, -0.25) is 9.59 Å². The van der Waals surface area contributed by atoms with E-state index in [1.165, 1.54) is 0 Å². The van der Waals surface area contributed by atoms with Crippen LogP contribution < -0.4 is 10.6 Å². The Morgan fingerprint density at radius 2 is 1.74 bits per heavy atom. The van der Waals surface area contributed by atoms with Crippen LogP contribution in [-0.2, 0) is 11.3 Å². The number of piperidine rings is 1. The van der Waals surface area contributed by atoms with Crippen molar-refractivity contribution >= 4 is 33.8 Å². The van der Waals surface area contributed by atoms with Crippen molar-refractivity contribution in [2.45, 2.75) is 32.4 Å². The molecule has 1 fully saturated rings. The van der Waals surface area contributed by atoms with Gasteiger partial charge in [-0.2, -0.15) is 0 Å². The van der Waals surface area contributed by atoms with Gasteiger partial charge in [-0.05, 0) is 55.7 Å². The van der Waals surface area contributed by atoms with Crippen molar-refractivity contribution in [2.75, 3.05) is 19.7 Å². The van der Waals surface area contributed by atoms with Crippen LogP contribution in [0, 0.1) is 0 Å². The molecule has 8 heteroatoms. The number of halogens is 1. The monoisotopic (exact) mass is 487 g/mol. The van der Waals surface area contributed by atoms with Gasteiger partial charge in [-0.1, -0.05) is 34.1 Å². The Kier molecular flexibility index (Phi) is 8.06. The lowest BCUT2D eigenvalue weighted by Crippen LogP contribution is -2.46. The smallest absolute Gasteiger partial charge is 0.409 e. The number of hydrogen-bond acceptors (Lipinski definition) is 4. The zero-order valence-electron chi connectivity index (χ0n) is 17.4. The van der Waals surface area contributed by atoms with Crippen molar-refractivity contribution in [1.82, 2.24) is 15.5 Å². The van der Waals surface area contributed by atoms with Crippen LogP contribution in [0.25, 0.3) is 0 Å². The first-order valence-electron chi connectivity index (χ1n) is 10.3. The lowest BCUT2D eigenvalue weighted by molar-refractivity contribution is 0.0858. The minimum atomic E-state index is -0.296. The fourth-order valence-electron chi connectivity index (χ4n) is 3.38. The van der Waals surface area contributed by atoms with Crippen molar-refractivity contribution in [3.05, 3.63) is 69.7 Å². The Hall–Kier alpha value is -2.87. The highest BCUT2D eigenvalue weighted by Gasteiger charge is 2.24. The highest BCUT2D eigenvalue weighted by atomic mass is 79.9. The van der Waals surface area contributed by atoms with Crippen molar-refractivity contribution in [3.8, 4) is 0 Å². The molecule has 3 rings (SSSR count). The van der Waals surface area contributed by atoms with E-state index in [2.05, 4.69) is 26.6 Å². The van der Waals surface area contributed by atoms with Crippen molar-refractivity contribution in [3.63, 3.8) is 0 Å². The molecule has 1 aliphatic rings. The molecule has 0 bridgehead atoms. The molecule has 2 aromatic carbocycles. The number of nitrogens with one attached hydrogen (secondary N) is 2. The van der Waals surface area contributed by atoms with Gasteiger partial charge in [-0.15, -0.1) is 0 Å². The summed E-state index contributed by atoms with van der Waals surface area (Å²) in [7, 11) is 0. The zero-order valence-corrected chi connectivity index (χ0v) is 19.0. The summed E-state index contributed by atoms with van der Waals surface area (Å²) < 4.78 is 5.86. The molecule has 1 saturated heterocycles. The van der Waals surface area contributed by atoms with Gasteiger partial charge >= 0.3 is 6.09 Å². The van der Waals surface area contributed by atoms with Gasteiger partial charge in [0.25, 0.3) is 11.8 Å². The molecule has 0 aromatic heterocycles. The number of carbonyl (C=O) groups is 3. The summed E-state index contributed by atoms with van der Waals surface area (Å²) in [5.74, 6) is -0.295. The Balaban J connectivity index is 1.46. The first-order chi connectivity index (χ1) is 15.0. The number of rotatable bonds is 6. The summed E-state index contributed by atoms with van der Waals surface area (Å²) in [5.41, 5.74) is 2.05. The van der Waals surface area contributed by atoms with Crippen molar-refractivity contribution < 1.29 is 19.1 Å². The summed E-state index contributed by atoms with van der Waals surface area (Å²) in [6.45, 7) is 3.66. The number of nitrogens with zero attached hydrogens (tertiary/aromatic N) is 1. The van der Waals surface area contributed by atoms with Crippen LogP contribution in [-0.4, -0.2) is 48.5 Å². The average molecular weight is 488 g/mol. The summed E-state index contributed by atoms with van der Waals surface area (Å²) in [5, 5.41) is 5.91. The SMILES string of the molecule is CCOC(=O)N1CCC(NC(=O)c2ccc(CNC(=O)c3cccc(Br)c3)cc2)CC1. The predicted molar refractivity (Wildman–Crippen MR) is 121 cm³/mol. The van der Waals surface area contributed by atoms with E-state index in [4.69, 9.17) is 4.74 Å². The van der Waals surface area contributed by atoms with E-state index in [0.717, 1.165) is 10.0 Å². The van der Waals surface area contributed by atoms with E-state index >= 15 is 0 Å². The normalized spacial score (nSPS) is 14.1. The minimum Gasteiger partial charge on any atom is -0.450 e. The number of hydrogen-bond donors (Lipinski definition) is 2. The maximum Gasteiger partial charge on any atom is 0.409 e. The predicted octanol–water partition coefficient (Wildman–Crippen LogP) is 3.73. The van der Waals surface area contributed by atoms with Gasteiger partial charge in [-0.25, -0.2) is 4.79 Å². The topological polar surface area (TPSA) is 87.7 Å². The molecule has 0 spiro atoms. The average Bonchev–Trinajstić information content (AvgIpc) is 2.78. The van der Waals surface area contributed by atoms with Crippen LogP contribution in [0.5, 0.6) is 0 Å². The lowest BCUT2D eigenvalue weighted by atomic mass is 10.0. The highest BCUT2D eigenvalue weighted by Crippen LogP contribution is 2.14. The third-order valence-corrected chi connectivity index (χ3v) is 5.61. The molecule has 0 radical (unpaired) electrons. The number of ether oxygens (including phenoxy) is 1. The quantitative estimate of drug-likeness (QED) is 0.649. The Labute approximate surface area is 190 Å². The van der Waals surface area contributed by atoms with Crippen molar-refractivity contribution in [1.29, 1.82) is 0 Å². The van der Waals surface area contributed by atoms with E-state index in [1.807, 2.05) is 24.3 Å². The molecule has 0 atom stereocenters. The fourth-order valence-corrected chi connectivity index (χ4v) is 3.78. The summed E-state index contributed by atoms with van der Waals surface area (Å²) in [6.07, 6.45) is 1.10. The van der Waals surface area contributed by atoms with Crippen LogP contribution in [0.4, 0.5) is 4.79 Å². The molecule has 0 saturated carbocycles. The van der Waals surface area contributed by atoms with Gasteiger partial charge < -0.3 is 20.3 Å². The summed E-state index contributed by atoms with van der Waals surface area (Å²) in [6, 6.07) is 14.4. The molecule has 0 unspecified atom stereocenters. The first-order valence-corrected chi connectivity index (χ1v) is 11.1. The standard InChI is InChI=1S/C23H26BrN3O4/c1-2-31-23(30)27-12-10-20(11-13-27)26-22(29)17-8-6-16(7-9-17)15-25-21(28)18-4-3-5-19(24)14-18/h3-9,14,20H,2,10-13,15H2,1H3,(H,25,28)(H,26,29). The molecule has 1 aliphatic heterocycles. The summed E-state index contributed by atoms with van der Waals surface area (Å²) in [4.78, 5) is 38.2. The number of amides is 3. The minimum absolute atomic E-state index is 0.0299. The first kappa shape index (κ1) is 22.8. The molecule has 31 heavy (non-hydrogen) atoms. The molecule has 3 amide bonds. The molecule has 2 aromatic rings. The molecule has 1 heterocycles. The van der Waals surface area contributed by atoms with Gasteiger partial charge in [0, 0.05) is 41.3 Å². The van der Waals surface area contributed by atoms with Crippen LogP contribution in [0.15, 0.2) is 53.0 Å². The fraction of sp³-hybridized carbons (Fsp3) is 0.348. The Morgan fingerprint density at radius 1 is 1.03 bits per heavy atom. The van der Waals surface area contributed by atoms with E-state index in [9.17, 15) is 14.4 Å². The molecule has 7 nitrogen and oxygen atoms in total. The summed E-state index contributed by atoms with van der Waals surface area (Å²) >= 11 is 3.36. The second-order valence-electron chi connectivity index (χ2n) is 7.32. The second kappa shape index (κ2) is 10.9. The largest absolute Gasteiger partial charge is 0.450 e. The van der Waals surface area contributed by atoms with Gasteiger partial charge in [0.15, 0.2) is 0 Å². The third kappa shape index (κ3) is 6.55. The number of benzene rings is 2. The molecular formula is C23H26BrN3O4. The van der Waals surface area contributed by atoms with E-state index in [1.54, 1.807) is 36.1 Å². The maximum atomic E-state index is 12.5. The van der Waals surface area contributed by atoms with Crippen LogP contribution >= 0.6 is 15.9 Å². The molecular weight excluding hydrogens is 462 g/mol. The molecule has 2 N–H and O–H groups in total. The van der Waals surface area contributed by atoms with Crippen LogP contribution in [0.1, 0.15) is 46.0 Å². The number of carbonyl (C=O) groups excluding carboxylic acids is 3. The molecule has 164 valence electrons. The second-order valence-corrected chi connectivity index (χ2v) is 8.24.